The van der Waals surface area contributed by atoms with Crippen LogP contribution in [0.1, 0.15) is 42.1 Å². The van der Waals surface area contributed by atoms with Crippen molar-refractivity contribution in [2.45, 2.75) is 33.1 Å². The van der Waals surface area contributed by atoms with Gasteiger partial charge in [0.05, 0.1) is 17.2 Å². The third-order valence-corrected chi connectivity index (χ3v) is 5.62. The zero-order valence-electron chi connectivity index (χ0n) is 17.2. The molecule has 30 heavy (non-hydrogen) atoms. The first-order valence-electron chi connectivity index (χ1n) is 10.1. The predicted molar refractivity (Wildman–Crippen MR) is 119 cm³/mol. The number of aryl methyl sites for hydroxylation is 1. The van der Waals surface area contributed by atoms with E-state index in [1.54, 1.807) is 35.2 Å². The number of carbonyl (C=O) groups excluding carboxylic acids is 3. The van der Waals surface area contributed by atoms with Gasteiger partial charge in [0.25, 0.3) is 5.91 Å². The summed E-state index contributed by atoms with van der Waals surface area (Å²) in [7, 11) is 0. The summed E-state index contributed by atoms with van der Waals surface area (Å²) in [5.41, 5.74) is 2.46. The van der Waals surface area contributed by atoms with E-state index in [9.17, 15) is 14.4 Å². The summed E-state index contributed by atoms with van der Waals surface area (Å²) in [5, 5.41) is 6.28. The molecule has 2 N–H and O–H groups in total. The molecule has 2 aromatic rings. The van der Waals surface area contributed by atoms with E-state index in [0.717, 1.165) is 18.4 Å². The number of anilines is 2. The lowest BCUT2D eigenvalue weighted by molar-refractivity contribution is -0.122. The third kappa shape index (κ3) is 5.00. The number of amides is 3. The topological polar surface area (TPSA) is 78.5 Å². The van der Waals surface area contributed by atoms with Gasteiger partial charge in [-0.25, -0.2) is 0 Å². The number of hydrogen-bond donors (Lipinski definition) is 2. The second-order valence-corrected chi connectivity index (χ2v) is 7.89. The summed E-state index contributed by atoms with van der Waals surface area (Å²) < 4.78 is 0. The standard InChI is InChI=1S/C23H26ClN3O3/c1-3-4-11-25-23(30)18-7-5-6-8-20(18)26-22(29)16-12-21(28)27(14-16)17-10-9-15(2)19(24)13-17/h5-10,13,16H,3-4,11-12,14H2,1-2H3,(H,25,30)(H,26,29). The second-order valence-electron chi connectivity index (χ2n) is 7.48. The summed E-state index contributed by atoms with van der Waals surface area (Å²) >= 11 is 6.18. The van der Waals surface area contributed by atoms with Crippen LogP contribution in [0.25, 0.3) is 0 Å². The molecule has 1 heterocycles. The molecule has 0 saturated carbocycles. The number of nitrogens with zero attached hydrogens (tertiary/aromatic N) is 1. The summed E-state index contributed by atoms with van der Waals surface area (Å²) in [6, 6.07) is 12.3. The molecule has 0 radical (unpaired) electrons. The Bertz CT molecular complexity index is 960. The molecular formula is C23H26ClN3O3. The minimum atomic E-state index is -0.506. The van der Waals surface area contributed by atoms with E-state index in [0.29, 0.717) is 28.5 Å². The van der Waals surface area contributed by atoms with Crippen molar-refractivity contribution in [1.29, 1.82) is 0 Å². The Morgan fingerprint density at radius 3 is 2.70 bits per heavy atom. The van der Waals surface area contributed by atoms with Crippen LogP contribution in [0.4, 0.5) is 11.4 Å². The average Bonchev–Trinajstić information content (AvgIpc) is 3.12. The van der Waals surface area contributed by atoms with Gasteiger partial charge in [-0.15, -0.1) is 0 Å². The summed E-state index contributed by atoms with van der Waals surface area (Å²) in [6.07, 6.45) is 1.99. The SMILES string of the molecule is CCCCNC(=O)c1ccccc1NC(=O)C1CC(=O)N(c2ccc(C)c(Cl)c2)C1. The van der Waals surface area contributed by atoms with Gasteiger partial charge in [0.2, 0.25) is 11.8 Å². The molecule has 1 unspecified atom stereocenters. The van der Waals surface area contributed by atoms with Crippen LogP contribution in [0.2, 0.25) is 5.02 Å². The Labute approximate surface area is 181 Å². The van der Waals surface area contributed by atoms with E-state index in [1.165, 1.54) is 0 Å². The van der Waals surface area contributed by atoms with Crippen molar-refractivity contribution >= 4 is 40.7 Å². The lowest BCUT2D eigenvalue weighted by Crippen LogP contribution is -2.29. The fourth-order valence-electron chi connectivity index (χ4n) is 3.38. The zero-order chi connectivity index (χ0) is 21.7. The number of unbranched alkanes of at least 4 members (excludes halogenated alkanes) is 1. The minimum absolute atomic E-state index is 0.113. The monoisotopic (exact) mass is 427 g/mol. The third-order valence-electron chi connectivity index (χ3n) is 5.21. The number of hydrogen-bond acceptors (Lipinski definition) is 3. The highest BCUT2D eigenvalue weighted by Crippen LogP contribution is 2.29. The van der Waals surface area contributed by atoms with Crippen molar-refractivity contribution < 1.29 is 14.4 Å². The number of carbonyl (C=O) groups is 3. The van der Waals surface area contributed by atoms with Gasteiger partial charge in [-0.1, -0.05) is 43.1 Å². The van der Waals surface area contributed by atoms with E-state index < -0.39 is 5.92 Å². The molecule has 0 spiro atoms. The fraction of sp³-hybridized carbons (Fsp3) is 0.348. The molecule has 7 heteroatoms. The number of rotatable bonds is 7. The van der Waals surface area contributed by atoms with Gasteiger partial charge in [-0.3, -0.25) is 14.4 Å². The van der Waals surface area contributed by atoms with Crippen molar-refractivity contribution in [3.8, 4) is 0 Å². The molecule has 0 aromatic heterocycles. The maximum atomic E-state index is 12.8. The molecule has 1 saturated heterocycles. The Morgan fingerprint density at radius 2 is 1.97 bits per heavy atom. The molecule has 1 aliphatic rings. The van der Waals surface area contributed by atoms with Crippen LogP contribution in [-0.4, -0.2) is 30.8 Å². The largest absolute Gasteiger partial charge is 0.352 e. The van der Waals surface area contributed by atoms with Crippen molar-refractivity contribution in [2.75, 3.05) is 23.3 Å². The van der Waals surface area contributed by atoms with E-state index >= 15 is 0 Å². The molecular weight excluding hydrogens is 402 g/mol. The number of nitrogens with one attached hydrogen (secondary N) is 2. The van der Waals surface area contributed by atoms with Crippen LogP contribution in [0.3, 0.4) is 0 Å². The quantitative estimate of drug-likeness (QED) is 0.651. The summed E-state index contributed by atoms with van der Waals surface area (Å²) in [6.45, 7) is 4.80. The maximum Gasteiger partial charge on any atom is 0.253 e. The summed E-state index contributed by atoms with van der Waals surface area (Å²) in [4.78, 5) is 39.4. The molecule has 158 valence electrons. The first-order valence-corrected chi connectivity index (χ1v) is 10.5. The molecule has 3 amide bonds. The minimum Gasteiger partial charge on any atom is -0.352 e. The van der Waals surface area contributed by atoms with Crippen LogP contribution in [0.5, 0.6) is 0 Å². The predicted octanol–water partition coefficient (Wildman–Crippen LogP) is 4.17. The van der Waals surface area contributed by atoms with Crippen LogP contribution < -0.4 is 15.5 Å². The van der Waals surface area contributed by atoms with Gasteiger partial charge < -0.3 is 15.5 Å². The Kier molecular flexibility index (Phi) is 7.11. The van der Waals surface area contributed by atoms with Gasteiger partial charge in [0.1, 0.15) is 0 Å². The Morgan fingerprint density at radius 1 is 1.20 bits per heavy atom. The van der Waals surface area contributed by atoms with Crippen LogP contribution in [-0.2, 0) is 9.59 Å². The maximum absolute atomic E-state index is 12.8. The van der Waals surface area contributed by atoms with Crippen LogP contribution in [0, 0.1) is 12.8 Å². The highest BCUT2D eigenvalue weighted by molar-refractivity contribution is 6.31. The highest BCUT2D eigenvalue weighted by Gasteiger charge is 2.35. The zero-order valence-corrected chi connectivity index (χ0v) is 18.0. The molecule has 1 fully saturated rings. The number of benzene rings is 2. The van der Waals surface area contributed by atoms with Crippen molar-refractivity contribution in [3.05, 3.63) is 58.6 Å². The van der Waals surface area contributed by atoms with Gasteiger partial charge in [-0.2, -0.15) is 0 Å². The van der Waals surface area contributed by atoms with E-state index in [2.05, 4.69) is 17.6 Å². The summed E-state index contributed by atoms with van der Waals surface area (Å²) in [5.74, 6) is -1.13. The van der Waals surface area contributed by atoms with Crippen LogP contribution >= 0.6 is 11.6 Å². The highest BCUT2D eigenvalue weighted by atomic mass is 35.5. The number of para-hydroxylation sites is 1. The van der Waals surface area contributed by atoms with Gasteiger partial charge in [0.15, 0.2) is 0 Å². The lowest BCUT2D eigenvalue weighted by Gasteiger charge is -2.18. The van der Waals surface area contributed by atoms with Crippen LogP contribution in [0.15, 0.2) is 42.5 Å². The molecule has 2 aromatic carbocycles. The first kappa shape index (κ1) is 21.8. The van der Waals surface area contributed by atoms with Gasteiger partial charge in [-0.05, 0) is 43.2 Å². The van der Waals surface area contributed by atoms with E-state index in [4.69, 9.17) is 11.6 Å². The smallest absolute Gasteiger partial charge is 0.253 e. The molecule has 0 bridgehead atoms. The van der Waals surface area contributed by atoms with Gasteiger partial charge in [0, 0.05) is 30.2 Å². The molecule has 1 atom stereocenters. The lowest BCUT2D eigenvalue weighted by atomic mass is 10.1. The molecule has 1 aliphatic heterocycles. The van der Waals surface area contributed by atoms with E-state index in [-0.39, 0.29) is 30.7 Å². The molecule has 3 rings (SSSR count). The Balaban J connectivity index is 1.69. The van der Waals surface area contributed by atoms with Crippen molar-refractivity contribution in [1.82, 2.24) is 5.32 Å². The first-order chi connectivity index (χ1) is 14.4. The van der Waals surface area contributed by atoms with Gasteiger partial charge >= 0.3 is 0 Å². The van der Waals surface area contributed by atoms with E-state index in [1.807, 2.05) is 19.1 Å². The Hall–Kier alpha value is -2.86. The average molecular weight is 428 g/mol. The van der Waals surface area contributed by atoms with Crippen molar-refractivity contribution in [2.24, 2.45) is 5.92 Å². The fourth-order valence-corrected chi connectivity index (χ4v) is 3.56. The van der Waals surface area contributed by atoms with Crippen molar-refractivity contribution in [3.63, 3.8) is 0 Å². The second kappa shape index (κ2) is 9.76. The normalized spacial score (nSPS) is 15.9. The molecule has 0 aliphatic carbocycles. The number of halogens is 1. The molecule has 6 nitrogen and oxygen atoms in total.